The van der Waals surface area contributed by atoms with Crippen LogP contribution < -0.4 is 5.32 Å². The van der Waals surface area contributed by atoms with Crippen molar-refractivity contribution in [2.45, 2.75) is 51.0 Å². The number of ketones is 1. The molecule has 0 spiro atoms. The van der Waals surface area contributed by atoms with Gasteiger partial charge in [0.2, 0.25) is 15.9 Å². The van der Waals surface area contributed by atoms with Crippen molar-refractivity contribution in [3.05, 3.63) is 29.8 Å². The minimum atomic E-state index is -3.73. The molecular formula is C21H31N3O6S. The van der Waals surface area contributed by atoms with Gasteiger partial charge < -0.3 is 15.0 Å². The van der Waals surface area contributed by atoms with Gasteiger partial charge in [0.1, 0.15) is 5.60 Å². The normalized spacial score (nSPS) is 15.4. The number of piperazine rings is 1. The fourth-order valence-electron chi connectivity index (χ4n) is 3.10. The molecule has 1 aromatic rings. The number of benzene rings is 1. The quantitative estimate of drug-likeness (QED) is 0.499. The molecule has 0 aromatic heterocycles. The Kier molecular flexibility index (Phi) is 8.19. The van der Waals surface area contributed by atoms with Crippen molar-refractivity contribution in [3.63, 3.8) is 0 Å². The number of nitrogens with zero attached hydrogens (tertiary/aromatic N) is 2. The minimum Gasteiger partial charge on any atom is -0.444 e. The minimum absolute atomic E-state index is 0.0770. The average molecular weight is 454 g/mol. The van der Waals surface area contributed by atoms with E-state index in [0.29, 0.717) is 31.6 Å². The molecule has 0 unspecified atom stereocenters. The molecule has 1 N–H and O–H groups in total. The SMILES string of the molecule is CC(=O)c1cccc(S(=O)(=O)N2CCN(C(=O)CCCNC(=O)OC(C)(C)C)CC2)c1. The Morgan fingerprint density at radius 2 is 1.74 bits per heavy atom. The first kappa shape index (κ1) is 24.8. The van der Waals surface area contributed by atoms with E-state index < -0.39 is 21.7 Å². The number of hydrogen-bond acceptors (Lipinski definition) is 6. The third-order valence-corrected chi connectivity index (χ3v) is 6.60. The van der Waals surface area contributed by atoms with Crippen LogP contribution in [0.15, 0.2) is 29.2 Å². The molecule has 1 heterocycles. The van der Waals surface area contributed by atoms with Gasteiger partial charge in [0.25, 0.3) is 0 Å². The fraction of sp³-hybridized carbons (Fsp3) is 0.571. The van der Waals surface area contributed by atoms with Gasteiger partial charge in [0.05, 0.1) is 4.90 Å². The molecule has 1 fully saturated rings. The summed E-state index contributed by atoms with van der Waals surface area (Å²) in [6.45, 7) is 8.00. The Balaban J connectivity index is 1.81. The summed E-state index contributed by atoms with van der Waals surface area (Å²) in [6.07, 6.45) is 0.199. The Morgan fingerprint density at radius 3 is 2.32 bits per heavy atom. The molecule has 0 radical (unpaired) electrons. The summed E-state index contributed by atoms with van der Waals surface area (Å²) in [6, 6.07) is 5.98. The Bertz CT molecular complexity index is 915. The first-order valence-corrected chi connectivity index (χ1v) is 11.7. The molecule has 1 aliphatic rings. The highest BCUT2D eigenvalue weighted by Gasteiger charge is 2.30. The van der Waals surface area contributed by atoms with Crippen LogP contribution in [-0.4, -0.2) is 73.7 Å². The van der Waals surface area contributed by atoms with Crippen molar-refractivity contribution in [2.75, 3.05) is 32.7 Å². The van der Waals surface area contributed by atoms with Crippen molar-refractivity contribution in [1.29, 1.82) is 0 Å². The first-order chi connectivity index (χ1) is 14.4. The lowest BCUT2D eigenvalue weighted by Crippen LogP contribution is -2.50. The van der Waals surface area contributed by atoms with Crippen LogP contribution in [0.1, 0.15) is 50.9 Å². The average Bonchev–Trinajstić information content (AvgIpc) is 2.70. The topological polar surface area (TPSA) is 113 Å². The van der Waals surface area contributed by atoms with Crippen molar-refractivity contribution < 1.29 is 27.5 Å². The Morgan fingerprint density at radius 1 is 1.10 bits per heavy atom. The smallest absolute Gasteiger partial charge is 0.407 e. The maximum Gasteiger partial charge on any atom is 0.407 e. The monoisotopic (exact) mass is 453 g/mol. The fourth-order valence-corrected chi connectivity index (χ4v) is 4.57. The molecule has 1 aliphatic heterocycles. The molecule has 2 rings (SSSR count). The third kappa shape index (κ3) is 7.32. The second-order valence-electron chi connectivity index (χ2n) is 8.40. The number of sulfonamides is 1. The number of nitrogens with one attached hydrogen (secondary N) is 1. The van der Waals surface area contributed by atoms with Crippen molar-refractivity contribution in [1.82, 2.24) is 14.5 Å². The van der Waals surface area contributed by atoms with E-state index in [-0.39, 0.29) is 36.1 Å². The second kappa shape index (κ2) is 10.2. The van der Waals surface area contributed by atoms with Gasteiger partial charge in [-0.3, -0.25) is 9.59 Å². The second-order valence-corrected chi connectivity index (χ2v) is 10.3. The number of amides is 2. The number of Topliss-reactive ketones (excluding diaryl/α,β-unsaturated/α-hetero) is 1. The van der Waals surface area contributed by atoms with E-state index in [2.05, 4.69) is 5.32 Å². The number of hydrogen-bond donors (Lipinski definition) is 1. The lowest BCUT2D eigenvalue weighted by atomic mass is 10.2. The third-order valence-electron chi connectivity index (χ3n) is 4.71. The number of carbonyl (C=O) groups excluding carboxylic acids is 3. The molecule has 2 amide bonds. The van der Waals surface area contributed by atoms with E-state index >= 15 is 0 Å². The van der Waals surface area contributed by atoms with E-state index in [1.54, 1.807) is 37.8 Å². The van der Waals surface area contributed by atoms with E-state index in [9.17, 15) is 22.8 Å². The van der Waals surface area contributed by atoms with Crippen LogP contribution >= 0.6 is 0 Å². The molecule has 172 valence electrons. The van der Waals surface area contributed by atoms with Gasteiger partial charge in [-0.15, -0.1) is 0 Å². The molecule has 31 heavy (non-hydrogen) atoms. The molecule has 0 bridgehead atoms. The summed E-state index contributed by atoms with van der Waals surface area (Å²) in [7, 11) is -3.73. The van der Waals surface area contributed by atoms with Gasteiger partial charge in [-0.2, -0.15) is 4.31 Å². The van der Waals surface area contributed by atoms with Crippen molar-refractivity contribution in [3.8, 4) is 0 Å². The predicted octanol–water partition coefficient (Wildman–Crippen LogP) is 2.03. The van der Waals surface area contributed by atoms with E-state index in [1.165, 1.54) is 23.4 Å². The zero-order chi connectivity index (χ0) is 23.2. The molecule has 1 saturated heterocycles. The molecule has 1 aromatic carbocycles. The van der Waals surface area contributed by atoms with E-state index in [4.69, 9.17) is 4.74 Å². The zero-order valence-corrected chi connectivity index (χ0v) is 19.3. The summed E-state index contributed by atoms with van der Waals surface area (Å²) >= 11 is 0. The number of carbonyl (C=O) groups is 3. The van der Waals surface area contributed by atoms with Gasteiger partial charge in [-0.05, 0) is 46.2 Å². The van der Waals surface area contributed by atoms with Crippen LogP contribution in [0.3, 0.4) is 0 Å². The van der Waals surface area contributed by atoms with Crippen LogP contribution in [0.4, 0.5) is 4.79 Å². The summed E-state index contributed by atoms with van der Waals surface area (Å²) in [5.74, 6) is -0.282. The van der Waals surface area contributed by atoms with Crippen LogP contribution in [0, 0.1) is 0 Å². The largest absolute Gasteiger partial charge is 0.444 e. The van der Waals surface area contributed by atoms with Gasteiger partial charge in [-0.1, -0.05) is 12.1 Å². The van der Waals surface area contributed by atoms with E-state index in [1.807, 2.05) is 0 Å². The molecule has 9 nitrogen and oxygen atoms in total. The summed E-state index contributed by atoms with van der Waals surface area (Å²) in [5.41, 5.74) is -0.234. The summed E-state index contributed by atoms with van der Waals surface area (Å²) < 4.78 is 32.2. The van der Waals surface area contributed by atoms with Gasteiger partial charge in [-0.25, -0.2) is 13.2 Å². The van der Waals surface area contributed by atoms with Crippen LogP contribution in [0.25, 0.3) is 0 Å². The highest BCUT2D eigenvalue weighted by atomic mass is 32.2. The molecule has 0 aliphatic carbocycles. The van der Waals surface area contributed by atoms with Crippen molar-refractivity contribution >= 4 is 27.8 Å². The van der Waals surface area contributed by atoms with Crippen LogP contribution in [0.5, 0.6) is 0 Å². The maximum atomic E-state index is 12.9. The molecular weight excluding hydrogens is 422 g/mol. The number of rotatable bonds is 7. The van der Waals surface area contributed by atoms with Gasteiger partial charge in [0.15, 0.2) is 5.78 Å². The lowest BCUT2D eigenvalue weighted by Gasteiger charge is -2.34. The zero-order valence-electron chi connectivity index (χ0n) is 18.5. The molecule has 0 saturated carbocycles. The van der Waals surface area contributed by atoms with Gasteiger partial charge >= 0.3 is 6.09 Å². The lowest BCUT2D eigenvalue weighted by molar-refractivity contribution is -0.132. The predicted molar refractivity (Wildman–Crippen MR) is 115 cm³/mol. The first-order valence-electron chi connectivity index (χ1n) is 10.3. The van der Waals surface area contributed by atoms with Crippen LogP contribution in [0.2, 0.25) is 0 Å². The van der Waals surface area contributed by atoms with E-state index in [0.717, 1.165) is 0 Å². The summed E-state index contributed by atoms with van der Waals surface area (Å²) in [4.78, 5) is 37.2. The standard InChI is InChI=1S/C21H31N3O6S/c1-16(25)17-7-5-8-18(15-17)31(28,29)24-13-11-23(12-14-24)19(26)9-6-10-22-20(27)30-21(2,3)4/h5,7-8,15H,6,9-14H2,1-4H3,(H,22,27). The number of alkyl carbamates (subject to hydrolysis) is 1. The Labute approximate surface area is 183 Å². The van der Waals surface area contributed by atoms with Gasteiger partial charge in [0, 0.05) is 44.7 Å². The summed E-state index contributed by atoms with van der Waals surface area (Å²) in [5, 5.41) is 2.61. The maximum absolute atomic E-state index is 12.9. The highest BCUT2D eigenvalue weighted by molar-refractivity contribution is 7.89. The number of ether oxygens (including phenoxy) is 1. The molecule has 0 atom stereocenters. The molecule has 10 heteroatoms. The highest BCUT2D eigenvalue weighted by Crippen LogP contribution is 2.19. The van der Waals surface area contributed by atoms with Crippen LogP contribution in [-0.2, 0) is 19.6 Å². The van der Waals surface area contributed by atoms with Crippen molar-refractivity contribution in [2.24, 2.45) is 0 Å². The Hall–Kier alpha value is -2.46.